The van der Waals surface area contributed by atoms with E-state index in [0.717, 1.165) is 25.8 Å². The van der Waals surface area contributed by atoms with Gasteiger partial charge in [-0.1, -0.05) is 20.8 Å². The van der Waals surface area contributed by atoms with E-state index in [0.29, 0.717) is 17.1 Å². The van der Waals surface area contributed by atoms with Crippen LogP contribution in [0.15, 0.2) is 0 Å². The average Bonchev–Trinajstić information content (AvgIpc) is 2.30. The SMILES string of the molecule is CC1CC(C)(C)CC2(C1)C(=O)CCN2C. The molecule has 0 aromatic rings. The molecule has 2 rings (SSSR count). The van der Waals surface area contributed by atoms with Crippen LogP contribution in [0.25, 0.3) is 0 Å². The number of Topliss-reactive ketones (excluding diaryl/α,β-unsaturated/α-hetero) is 1. The van der Waals surface area contributed by atoms with E-state index in [-0.39, 0.29) is 5.54 Å². The summed E-state index contributed by atoms with van der Waals surface area (Å²) in [7, 11) is 2.12. The van der Waals surface area contributed by atoms with Gasteiger partial charge in [0.15, 0.2) is 5.78 Å². The molecule has 0 aromatic carbocycles. The molecule has 0 aromatic heterocycles. The predicted octanol–water partition coefficient (Wildman–Crippen LogP) is 2.48. The van der Waals surface area contributed by atoms with Crippen molar-refractivity contribution < 1.29 is 4.79 Å². The molecular formula is C13H23NO. The molecule has 1 saturated carbocycles. The highest BCUT2D eigenvalue weighted by molar-refractivity contribution is 5.90. The van der Waals surface area contributed by atoms with Crippen LogP contribution in [0.2, 0.25) is 0 Å². The third-order valence-electron chi connectivity index (χ3n) is 4.28. The molecule has 2 heteroatoms. The molecule has 2 unspecified atom stereocenters. The van der Waals surface area contributed by atoms with Crippen molar-refractivity contribution in [2.45, 2.75) is 52.0 Å². The van der Waals surface area contributed by atoms with Crippen LogP contribution in [0, 0.1) is 11.3 Å². The molecule has 0 N–H and O–H groups in total. The summed E-state index contributed by atoms with van der Waals surface area (Å²) >= 11 is 0. The topological polar surface area (TPSA) is 20.3 Å². The highest BCUT2D eigenvalue weighted by Crippen LogP contribution is 2.48. The number of likely N-dealkylation sites (tertiary alicyclic amines) is 1. The summed E-state index contributed by atoms with van der Waals surface area (Å²) in [4.78, 5) is 14.5. The molecule has 0 radical (unpaired) electrons. The molecule has 0 bridgehead atoms. The minimum atomic E-state index is -0.110. The van der Waals surface area contributed by atoms with Crippen molar-refractivity contribution in [1.82, 2.24) is 4.90 Å². The first-order valence-electron chi connectivity index (χ1n) is 6.10. The smallest absolute Gasteiger partial charge is 0.154 e. The number of nitrogens with zero attached hydrogens (tertiary/aromatic N) is 1. The molecule has 2 fully saturated rings. The van der Waals surface area contributed by atoms with Gasteiger partial charge in [0, 0.05) is 13.0 Å². The van der Waals surface area contributed by atoms with Crippen molar-refractivity contribution in [2.24, 2.45) is 11.3 Å². The second kappa shape index (κ2) is 3.31. The van der Waals surface area contributed by atoms with Gasteiger partial charge in [-0.3, -0.25) is 9.69 Å². The van der Waals surface area contributed by atoms with Crippen LogP contribution < -0.4 is 0 Å². The third kappa shape index (κ3) is 1.73. The summed E-state index contributed by atoms with van der Waals surface area (Å²) in [6.45, 7) is 7.87. The lowest BCUT2D eigenvalue weighted by Crippen LogP contribution is -2.53. The molecule has 1 aliphatic heterocycles. The van der Waals surface area contributed by atoms with Gasteiger partial charge < -0.3 is 0 Å². The van der Waals surface area contributed by atoms with Gasteiger partial charge in [0.05, 0.1) is 5.54 Å². The lowest BCUT2D eigenvalue weighted by atomic mass is 9.63. The van der Waals surface area contributed by atoms with Gasteiger partial charge in [0.2, 0.25) is 0 Å². The van der Waals surface area contributed by atoms with Crippen LogP contribution in [0.1, 0.15) is 46.5 Å². The molecule has 1 saturated heterocycles. The maximum absolute atomic E-state index is 12.2. The lowest BCUT2D eigenvalue weighted by Gasteiger charge is -2.48. The second-order valence-corrected chi connectivity index (χ2v) is 6.48. The van der Waals surface area contributed by atoms with Crippen LogP contribution in [0.4, 0.5) is 0 Å². The van der Waals surface area contributed by atoms with Gasteiger partial charge in [0.25, 0.3) is 0 Å². The van der Waals surface area contributed by atoms with E-state index in [1.54, 1.807) is 0 Å². The summed E-state index contributed by atoms with van der Waals surface area (Å²) in [6, 6.07) is 0. The predicted molar refractivity (Wildman–Crippen MR) is 61.8 cm³/mol. The maximum Gasteiger partial charge on any atom is 0.154 e. The molecule has 2 atom stereocenters. The fourth-order valence-electron chi connectivity index (χ4n) is 3.96. The number of ketones is 1. The highest BCUT2D eigenvalue weighted by Gasteiger charge is 2.52. The molecule has 1 aliphatic carbocycles. The number of likely N-dealkylation sites (N-methyl/N-ethyl adjacent to an activating group) is 1. The Morgan fingerprint density at radius 1 is 1.33 bits per heavy atom. The molecular weight excluding hydrogens is 186 g/mol. The van der Waals surface area contributed by atoms with Crippen LogP contribution in [0.3, 0.4) is 0 Å². The number of carbonyl (C=O) groups excluding carboxylic acids is 1. The minimum Gasteiger partial charge on any atom is -0.298 e. The summed E-state index contributed by atoms with van der Waals surface area (Å²) in [5.41, 5.74) is 0.215. The van der Waals surface area contributed by atoms with Gasteiger partial charge >= 0.3 is 0 Å². The molecule has 0 amide bonds. The van der Waals surface area contributed by atoms with E-state index >= 15 is 0 Å². The second-order valence-electron chi connectivity index (χ2n) is 6.48. The molecule has 1 heterocycles. The van der Waals surface area contributed by atoms with Crippen molar-refractivity contribution in [3.05, 3.63) is 0 Å². The normalized spacial score (nSPS) is 41.3. The summed E-state index contributed by atoms with van der Waals surface area (Å²) in [5, 5.41) is 0. The Hall–Kier alpha value is -0.370. The summed E-state index contributed by atoms with van der Waals surface area (Å²) < 4.78 is 0. The van der Waals surface area contributed by atoms with Gasteiger partial charge in [0.1, 0.15) is 0 Å². The molecule has 86 valence electrons. The largest absolute Gasteiger partial charge is 0.298 e. The number of hydrogen-bond acceptors (Lipinski definition) is 2. The lowest BCUT2D eigenvalue weighted by molar-refractivity contribution is -0.129. The number of carbonyl (C=O) groups is 1. The van der Waals surface area contributed by atoms with Gasteiger partial charge in [-0.2, -0.15) is 0 Å². The highest BCUT2D eigenvalue weighted by atomic mass is 16.1. The van der Waals surface area contributed by atoms with Crippen LogP contribution in [0.5, 0.6) is 0 Å². The Balaban J connectivity index is 2.30. The van der Waals surface area contributed by atoms with E-state index < -0.39 is 0 Å². The molecule has 2 nitrogen and oxygen atoms in total. The third-order valence-corrected chi connectivity index (χ3v) is 4.28. The van der Waals surface area contributed by atoms with Gasteiger partial charge in [-0.05, 0) is 37.6 Å². The Morgan fingerprint density at radius 2 is 2.00 bits per heavy atom. The Bertz CT molecular complexity index is 284. The zero-order valence-electron chi connectivity index (χ0n) is 10.5. The number of rotatable bonds is 0. The zero-order valence-corrected chi connectivity index (χ0v) is 10.5. The molecule has 15 heavy (non-hydrogen) atoms. The van der Waals surface area contributed by atoms with Crippen LogP contribution in [-0.2, 0) is 4.79 Å². The average molecular weight is 209 g/mol. The zero-order chi connectivity index (χ0) is 11.3. The Morgan fingerprint density at radius 3 is 2.47 bits per heavy atom. The summed E-state index contributed by atoms with van der Waals surface area (Å²) in [6.07, 6.45) is 4.15. The van der Waals surface area contributed by atoms with E-state index in [2.05, 4.69) is 32.7 Å². The van der Waals surface area contributed by atoms with Crippen molar-refractivity contribution in [3.8, 4) is 0 Å². The van der Waals surface area contributed by atoms with Gasteiger partial charge in [-0.25, -0.2) is 0 Å². The van der Waals surface area contributed by atoms with Crippen LogP contribution in [-0.4, -0.2) is 29.8 Å². The Kier molecular flexibility index (Phi) is 2.45. The fourth-order valence-corrected chi connectivity index (χ4v) is 3.96. The van der Waals surface area contributed by atoms with E-state index in [1.807, 2.05) is 0 Å². The van der Waals surface area contributed by atoms with Gasteiger partial charge in [-0.15, -0.1) is 0 Å². The first kappa shape index (κ1) is 11.1. The van der Waals surface area contributed by atoms with E-state index in [9.17, 15) is 4.79 Å². The standard InChI is InChI=1S/C13H23NO/c1-10-7-12(2,3)9-13(8-10)11(15)5-6-14(13)4/h10H,5-9H2,1-4H3. The van der Waals surface area contributed by atoms with Crippen molar-refractivity contribution in [2.75, 3.05) is 13.6 Å². The van der Waals surface area contributed by atoms with Crippen LogP contribution >= 0.6 is 0 Å². The monoisotopic (exact) mass is 209 g/mol. The molecule has 1 spiro atoms. The summed E-state index contributed by atoms with van der Waals surface area (Å²) in [5.74, 6) is 1.17. The quantitative estimate of drug-likeness (QED) is 0.611. The van der Waals surface area contributed by atoms with Crippen molar-refractivity contribution >= 4 is 5.78 Å². The fraction of sp³-hybridized carbons (Fsp3) is 0.923. The molecule has 2 aliphatic rings. The minimum absolute atomic E-state index is 0.110. The van der Waals surface area contributed by atoms with E-state index in [1.165, 1.54) is 6.42 Å². The maximum atomic E-state index is 12.2. The first-order valence-corrected chi connectivity index (χ1v) is 6.10. The van der Waals surface area contributed by atoms with E-state index in [4.69, 9.17) is 0 Å². The number of hydrogen-bond donors (Lipinski definition) is 0. The van der Waals surface area contributed by atoms with Crippen molar-refractivity contribution in [3.63, 3.8) is 0 Å². The first-order chi connectivity index (χ1) is 6.86. The Labute approximate surface area is 93.0 Å². The van der Waals surface area contributed by atoms with Crippen molar-refractivity contribution in [1.29, 1.82) is 0 Å².